The van der Waals surface area contributed by atoms with Crippen LogP contribution in [0.2, 0.25) is 0 Å². The summed E-state index contributed by atoms with van der Waals surface area (Å²) in [6, 6.07) is 7.74. The van der Waals surface area contributed by atoms with Crippen molar-refractivity contribution in [3.05, 3.63) is 51.2 Å². The molecular weight excluding hydrogens is 400 g/mol. The third-order valence-corrected chi connectivity index (χ3v) is 6.00. The van der Waals surface area contributed by atoms with E-state index >= 15 is 0 Å². The van der Waals surface area contributed by atoms with Crippen molar-refractivity contribution in [2.45, 2.75) is 20.8 Å². The van der Waals surface area contributed by atoms with Crippen LogP contribution in [0.3, 0.4) is 0 Å². The molecule has 2 aromatic rings. The fraction of sp³-hybridized carbons (Fsp3) is 0.409. The first-order valence-corrected chi connectivity index (χ1v) is 10.9. The maximum absolute atomic E-state index is 12.4. The molecule has 2 N–H and O–H groups in total. The number of thiophene rings is 1. The van der Waals surface area contributed by atoms with Crippen LogP contribution in [0, 0.1) is 20.8 Å². The Hall–Kier alpha value is -2.71. The fourth-order valence-corrected chi connectivity index (χ4v) is 4.35. The van der Waals surface area contributed by atoms with Crippen molar-refractivity contribution in [3.8, 4) is 0 Å². The molecule has 0 radical (unpaired) electrons. The second-order valence-corrected chi connectivity index (χ2v) is 8.59. The standard InChI is InChI=1S/C22H28N4O3S/c1-15-11-16(2)21(17(3)12-15)24-19(27)13-23-20(28)14-25-6-8-26(9-7-25)22(29)18-5-4-10-30-18/h4-5,10-12H,6-9,13-14H2,1-3H3,(H,23,28)(H,24,27). The van der Waals surface area contributed by atoms with Crippen LogP contribution in [-0.2, 0) is 9.59 Å². The van der Waals surface area contributed by atoms with Gasteiger partial charge in [0.1, 0.15) is 0 Å². The number of anilines is 1. The summed E-state index contributed by atoms with van der Waals surface area (Å²) >= 11 is 1.44. The quantitative estimate of drug-likeness (QED) is 0.739. The monoisotopic (exact) mass is 428 g/mol. The summed E-state index contributed by atoms with van der Waals surface area (Å²) in [4.78, 5) is 41.4. The van der Waals surface area contributed by atoms with Gasteiger partial charge in [0.2, 0.25) is 11.8 Å². The Morgan fingerprint density at radius 1 is 1.00 bits per heavy atom. The Morgan fingerprint density at radius 2 is 1.67 bits per heavy atom. The SMILES string of the molecule is Cc1cc(C)c(NC(=O)CNC(=O)CN2CCN(C(=O)c3cccs3)CC2)c(C)c1. The van der Waals surface area contributed by atoms with Crippen LogP contribution in [0.15, 0.2) is 29.6 Å². The molecule has 30 heavy (non-hydrogen) atoms. The third kappa shape index (κ3) is 5.67. The van der Waals surface area contributed by atoms with E-state index in [0.29, 0.717) is 26.2 Å². The van der Waals surface area contributed by atoms with Gasteiger partial charge in [0.25, 0.3) is 5.91 Å². The predicted octanol–water partition coefficient (Wildman–Crippen LogP) is 2.19. The zero-order valence-electron chi connectivity index (χ0n) is 17.7. The van der Waals surface area contributed by atoms with Crippen LogP contribution in [0.5, 0.6) is 0 Å². The molecule has 3 rings (SSSR count). The zero-order chi connectivity index (χ0) is 21.7. The maximum Gasteiger partial charge on any atom is 0.264 e. The molecule has 160 valence electrons. The number of piperazine rings is 1. The van der Waals surface area contributed by atoms with E-state index in [1.165, 1.54) is 11.3 Å². The van der Waals surface area contributed by atoms with E-state index in [9.17, 15) is 14.4 Å². The van der Waals surface area contributed by atoms with Crippen LogP contribution in [0.1, 0.15) is 26.4 Å². The summed E-state index contributed by atoms with van der Waals surface area (Å²) in [5, 5.41) is 7.47. The highest BCUT2D eigenvalue weighted by atomic mass is 32.1. The highest BCUT2D eigenvalue weighted by molar-refractivity contribution is 7.12. The van der Waals surface area contributed by atoms with Crippen LogP contribution >= 0.6 is 11.3 Å². The number of rotatable bonds is 6. The minimum atomic E-state index is -0.246. The Balaban J connectivity index is 1.40. The molecule has 0 spiro atoms. The average molecular weight is 429 g/mol. The predicted molar refractivity (Wildman–Crippen MR) is 119 cm³/mol. The molecule has 0 saturated carbocycles. The van der Waals surface area contributed by atoms with Gasteiger partial charge in [-0.2, -0.15) is 0 Å². The summed E-state index contributed by atoms with van der Waals surface area (Å²) in [5.74, 6) is -0.391. The maximum atomic E-state index is 12.4. The van der Waals surface area contributed by atoms with Crippen LogP contribution in [0.25, 0.3) is 0 Å². The lowest BCUT2D eigenvalue weighted by atomic mass is 10.1. The molecule has 1 aliphatic rings. The number of amides is 3. The van der Waals surface area contributed by atoms with E-state index in [1.54, 1.807) is 0 Å². The number of benzene rings is 1. The minimum absolute atomic E-state index is 0.0486. The molecule has 1 aromatic carbocycles. The van der Waals surface area contributed by atoms with E-state index in [4.69, 9.17) is 0 Å². The van der Waals surface area contributed by atoms with E-state index in [0.717, 1.165) is 27.3 Å². The smallest absolute Gasteiger partial charge is 0.264 e. The Labute approximate surface area is 181 Å². The van der Waals surface area contributed by atoms with Crippen LogP contribution < -0.4 is 10.6 Å². The summed E-state index contributed by atoms with van der Waals surface area (Å²) in [7, 11) is 0. The van der Waals surface area contributed by atoms with Crippen molar-refractivity contribution in [2.24, 2.45) is 0 Å². The van der Waals surface area contributed by atoms with Gasteiger partial charge in [-0.15, -0.1) is 11.3 Å². The molecule has 1 aliphatic heterocycles. The molecule has 1 aromatic heterocycles. The summed E-state index contributed by atoms with van der Waals surface area (Å²) in [6.07, 6.45) is 0. The molecule has 3 amide bonds. The molecular formula is C22H28N4O3S. The second-order valence-electron chi connectivity index (χ2n) is 7.64. The van der Waals surface area contributed by atoms with E-state index < -0.39 is 0 Å². The molecule has 7 nitrogen and oxygen atoms in total. The number of carbonyl (C=O) groups is 3. The first-order chi connectivity index (χ1) is 14.3. The van der Waals surface area contributed by atoms with Crippen molar-refractivity contribution in [1.29, 1.82) is 0 Å². The number of nitrogens with one attached hydrogen (secondary N) is 2. The molecule has 0 aliphatic carbocycles. The lowest BCUT2D eigenvalue weighted by Crippen LogP contribution is -2.51. The highest BCUT2D eigenvalue weighted by Crippen LogP contribution is 2.21. The molecule has 8 heteroatoms. The number of hydrogen-bond donors (Lipinski definition) is 2. The number of hydrogen-bond acceptors (Lipinski definition) is 5. The first-order valence-electron chi connectivity index (χ1n) is 10.0. The normalized spacial score (nSPS) is 14.4. The summed E-state index contributed by atoms with van der Waals surface area (Å²) in [6.45, 7) is 8.54. The molecule has 0 atom stereocenters. The third-order valence-electron chi connectivity index (χ3n) is 5.15. The topological polar surface area (TPSA) is 81.8 Å². The highest BCUT2D eigenvalue weighted by Gasteiger charge is 2.23. The number of nitrogens with zero attached hydrogens (tertiary/aromatic N) is 2. The minimum Gasteiger partial charge on any atom is -0.346 e. The van der Waals surface area contributed by atoms with Crippen molar-refractivity contribution in [1.82, 2.24) is 15.1 Å². The lowest BCUT2D eigenvalue weighted by molar-refractivity contribution is -0.125. The van der Waals surface area contributed by atoms with Gasteiger partial charge >= 0.3 is 0 Å². The van der Waals surface area contributed by atoms with Gasteiger partial charge in [-0.05, 0) is 43.3 Å². The van der Waals surface area contributed by atoms with Crippen LogP contribution in [0.4, 0.5) is 5.69 Å². The molecule has 0 unspecified atom stereocenters. The van der Waals surface area contributed by atoms with Crippen molar-refractivity contribution < 1.29 is 14.4 Å². The van der Waals surface area contributed by atoms with Crippen molar-refractivity contribution in [3.63, 3.8) is 0 Å². The van der Waals surface area contributed by atoms with E-state index in [1.807, 2.05) is 60.2 Å². The number of carbonyl (C=O) groups excluding carboxylic acids is 3. The Bertz CT molecular complexity index is 895. The van der Waals surface area contributed by atoms with Gasteiger partial charge in [-0.25, -0.2) is 0 Å². The summed E-state index contributed by atoms with van der Waals surface area (Å²) in [5.41, 5.74) is 3.95. The Kier molecular flexibility index (Phi) is 7.23. The van der Waals surface area contributed by atoms with Gasteiger partial charge in [0.05, 0.1) is 18.0 Å². The van der Waals surface area contributed by atoms with Crippen molar-refractivity contribution in [2.75, 3.05) is 44.6 Å². The Morgan fingerprint density at radius 3 is 2.27 bits per heavy atom. The van der Waals surface area contributed by atoms with E-state index in [2.05, 4.69) is 10.6 Å². The molecule has 1 saturated heterocycles. The molecule has 0 bridgehead atoms. The zero-order valence-corrected chi connectivity index (χ0v) is 18.5. The van der Waals surface area contributed by atoms with Gasteiger partial charge in [0.15, 0.2) is 0 Å². The van der Waals surface area contributed by atoms with Crippen LogP contribution in [-0.4, -0.2) is 66.8 Å². The second kappa shape index (κ2) is 9.86. The van der Waals surface area contributed by atoms with Gasteiger partial charge in [-0.1, -0.05) is 23.8 Å². The first kappa shape index (κ1) is 22.0. The van der Waals surface area contributed by atoms with Gasteiger partial charge in [-0.3, -0.25) is 19.3 Å². The summed E-state index contributed by atoms with van der Waals surface area (Å²) < 4.78 is 0. The lowest BCUT2D eigenvalue weighted by Gasteiger charge is -2.34. The van der Waals surface area contributed by atoms with Gasteiger partial charge < -0.3 is 15.5 Å². The van der Waals surface area contributed by atoms with Crippen molar-refractivity contribution >= 4 is 34.7 Å². The van der Waals surface area contributed by atoms with E-state index in [-0.39, 0.29) is 30.8 Å². The largest absolute Gasteiger partial charge is 0.346 e. The molecule has 2 heterocycles. The molecule has 1 fully saturated rings. The van der Waals surface area contributed by atoms with Gasteiger partial charge in [0, 0.05) is 31.9 Å². The number of aryl methyl sites for hydroxylation is 3. The fourth-order valence-electron chi connectivity index (χ4n) is 3.66. The average Bonchev–Trinajstić information content (AvgIpc) is 3.24.